The normalized spacial score (nSPS) is 10.8. The van der Waals surface area contributed by atoms with E-state index in [4.69, 9.17) is 28.3 Å². The number of halogens is 2. The molecule has 0 aliphatic carbocycles. The van der Waals surface area contributed by atoms with Crippen molar-refractivity contribution < 1.29 is 14.7 Å². The van der Waals surface area contributed by atoms with E-state index in [1.165, 1.54) is 30.3 Å². The minimum atomic E-state index is -1.18. The Morgan fingerprint density at radius 2 is 1.83 bits per heavy atom. The lowest BCUT2D eigenvalue weighted by Crippen LogP contribution is -2.16. The molecule has 0 bridgehead atoms. The molecule has 5 nitrogen and oxygen atoms in total. The molecule has 0 aliphatic heterocycles. The van der Waals surface area contributed by atoms with Crippen LogP contribution in [0.1, 0.15) is 15.9 Å². The predicted molar refractivity (Wildman–Crippen MR) is 92.1 cm³/mol. The van der Waals surface area contributed by atoms with E-state index in [2.05, 4.69) is 5.32 Å². The van der Waals surface area contributed by atoms with Gasteiger partial charge in [-0.25, -0.2) is 4.79 Å². The summed E-state index contributed by atoms with van der Waals surface area (Å²) < 4.78 is 0. The first-order valence-electron chi connectivity index (χ1n) is 6.63. The SMILES string of the molecule is N#C/C(=C\c1ccc(Cl)c(Cl)c1)C(=O)Nc1ccccc1C(=O)O. The molecule has 2 aromatic rings. The monoisotopic (exact) mass is 360 g/mol. The number of para-hydroxylation sites is 1. The first-order valence-corrected chi connectivity index (χ1v) is 7.38. The van der Waals surface area contributed by atoms with Crippen LogP contribution >= 0.6 is 23.2 Å². The van der Waals surface area contributed by atoms with Crippen molar-refractivity contribution in [3.8, 4) is 6.07 Å². The van der Waals surface area contributed by atoms with Crippen LogP contribution in [0.3, 0.4) is 0 Å². The zero-order valence-electron chi connectivity index (χ0n) is 12.1. The molecule has 120 valence electrons. The Balaban J connectivity index is 2.30. The lowest BCUT2D eigenvalue weighted by atomic mass is 10.1. The Labute approximate surface area is 147 Å². The van der Waals surface area contributed by atoms with Crippen LogP contribution in [-0.4, -0.2) is 17.0 Å². The molecule has 2 aromatic carbocycles. The molecule has 2 N–H and O–H groups in total. The molecule has 0 radical (unpaired) electrons. The summed E-state index contributed by atoms with van der Waals surface area (Å²) >= 11 is 11.7. The Hall–Kier alpha value is -2.81. The largest absolute Gasteiger partial charge is 0.478 e. The standard InChI is InChI=1S/C17H10Cl2N2O3/c18-13-6-5-10(8-14(13)19)7-11(9-20)16(22)21-15-4-2-1-3-12(15)17(23)24/h1-8H,(H,21,22)(H,23,24)/b11-7+. The maximum absolute atomic E-state index is 12.2. The first-order chi connectivity index (χ1) is 11.4. The topological polar surface area (TPSA) is 90.2 Å². The molecule has 0 unspecified atom stereocenters. The van der Waals surface area contributed by atoms with Crippen LogP contribution in [0.5, 0.6) is 0 Å². The first kappa shape index (κ1) is 17.5. The van der Waals surface area contributed by atoms with Gasteiger partial charge in [-0.1, -0.05) is 41.4 Å². The fourth-order valence-corrected chi connectivity index (χ4v) is 2.19. The molecule has 0 spiro atoms. The van der Waals surface area contributed by atoms with Crippen molar-refractivity contribution in [3.05, 3.63) is 69.2 Å². The van der Waals surface area contributed by atoms with E-state index in [0.717, 1.165) is 0 Å². The van der Waals surface area contributed by atoms with Crippen molar-refractivity contribution in [1.82, 2.24) is 0 Å². The van der Waals surface area contributed by atoms with Gasteiger partial charge in [0, 0.05) is 0 Å². The summed E-state index contributed by atoms with van der Waals surface area (Å²) in [5.41, 5.74) is 0.346. The third-order valence-corrected chi connectivity index (χ3v) is 3.76. The number of carboxylic acids is 1. The second-order valence-corrected chi connectivity index (χ2v) is 5.46. The zero-order chi connectivity index (χ0) is 17.7. The average molecular weight is 361 g/mol. The van der Waals surface area contributed by atoms with E-state index in [-0.39, 0.29) is 16.8 Å². The molecule has 1 amide bonds. The van der Waals surface area contributed by atoms with Crippen molar-refractivity contribution in [3.63, 3.8) is 0 Å². The van der Waals surface area contributed by atoms with E-state index in [1.807, 2.05) is 0 Å². The summed E-state index contributed by atoms with van der Waals surface area (Å²) in [4.78, 5) is 23.4. The van der Waals surface area contributed by atoms with Crippen LogP contribution in [0.2, 0.25) is 10.0 Å². The quantitative estimate of drug-likeness (QED) is 0.630. The lowest BCUT2D eigenvalue weighted by molar-refractivity contribution is -0.112. The summed E-state index contributed by atoms with van der Waals surface area (Å²) in [7, 11) is 0. The lowest BCUT2D eigenvalue weighted by Gasteiger charge is -2.07. The minimum absolute atomic E-state index is 0.0716. The third kappa shape index (κ3) is 4.13. The molecule has 24 heavy (non-hydrogen) atoms. The van der Waals surface area contributed by atoms with Crippen molar-refractivity contribution in [1.29, 1.82) is 5.26 Å². The van der Waals surface area contributed by atoms with Gasteiger partial charge in [-0.05, 0) is 35.9 Å². The smallest absolute Gasteiger partial charge is 0.337 e. The minimum Gasteiger partial charge on any atom is -0.478 e. The number of aromatic carboxylic acids is 1. The second kappa shape index (κ2) is 7.64. The molecule has 0 saturated heterocycles. The van der Waals surface area contributed by atoms with Crippen molar-refractivity contribution in [2.75, 3.05) is 5.32 Å². The van der Waals surface area contributed by atoms with Crippen molar-refractivity contribution in [2.45, 2.75) is 0 Å². The summed E-state index contributed by atoms with van der Waals surface area (Å²) in [5, 5.41) is 21.4. The summed E-state index contributed by atoms with van der Waals surface area (Å²) in [5.74, 6) is -1.91. The van der Waals surface area contributed by atoms with Crippen LogP contribution in [-0.2, 0) is 4.79 Å². The van der Waals surface area contributed by atoms with Gasteiger partial charge in [0.25, 0.3) is 5.91 Å². The fraction of sp³-hybridized carbons (Fsp3) is 0. The highest BCUT2D eigenvalue weighted by Gasteiger charge is 2.15. The number of carbonyl (C=O) groups excluding carboxylic acids is 1. The van der Waals surface area contributed by atoms with E-state index in [1.54, 1.807) is 24.3 Å². The number of nitrogens with zero attached hydrogens (tertiary/aromatic N) is 1. The number of nitrogens with one attached hydrogen (secondary N) is 1. The molecule has 0 saturated carbocycles. The third-order valence-electron chi connectivity index (χ3n) is 3.03. The summed E-state index contributed by atoms with van der Waals surface area (Å²) in [6, 6.07) is 12.3. The van der Waals surface area contributed by atoms with E-state index < -0.39 is 11.9 Å². The van der Waals surface area contributed by atoms with E-state index in [9.17, 15) is 14.9 Å². The van der Waals surface area contributed by atoms with E-state index in [0.29, 0.717) is 15.6 Å². The van der Waals surface area contributed by atoms with Crippen LogP contribution in [0.25, 0.3) is 6.08 Å². The molecule has 7 heteroatoms. The van der Waals surface area contributed by atoms with Gasteiger partial charge in [-0.15, -0.1) is 0 Å². The van der Waals surface area contributed by atoms with Gasteiger partial charge in [0.15, 0.2) is 0 Å². The van der Waals surface area contributed by atoms with Gasteiger partial charge < -0.3 is 10.4 Å². The Morgan fingerprint density at radius 1 is 1.12 bits per heavy atom. The Kier molecular flexibility index (Phi) is 5.59. The van der Waals surface area contributed by atoms with Gasteiger partial charge in [-0.3, -0.25) is 4.79 Å². The number of nitriles is 1. The highest BCUT2D eigenvalue weighted by atomic mass is 35.5. The van der Waals surface area contributed by atoms with Crippen LogP contribution in [0, 0.1) is 11.3 Å². The van der Waals surface area contributed by atoms with Crippen LogP contribution in [0.4, 0.5) is 5.69 Å². The molecule has 0 aliphatic rings. The molecular weight excluding hydrogens is 351 g/mol. The van der Waals surface area contributed by atoms with E-state index >= 15 is 0 Å². The number of carbonyl (C=O) groups is 2. The number of hydrogen-bond acceptors (Lipinski definition) is 3. The Morgan fingerprint density at radius 3 is 2.46 bits per heavy atom. The Bertz CT molecular complexity index is 886. The molecule has 0 heterocycles. The van der Waals surface area contributed by atoms with Gasteiger partial charge in [0.2, 0.25) is 0 Å². The number of hydrogen-bond donors (Lipinski definition) is 2. The van der Waals surface area contributed by atoms with Crippen molar-refractivity contribution >= 4 is 46.8 Å². The van der Waals surface area contributed by atoms with Crippen molar-refractivity contribution in [2.24, 2.45) is 0 Å². The average Bonchev–Trinajstić information content (AvgIpc) is 2.56. The molecule has 0 fully saturated rings. The fourth-order valence-electron chi connectivity index (χ4n) is 1.89. The van der Waals surface area contributed by atoms with Gasteiger partial charge in [0.05, 0.1) is 21.3 Å². The number of anilines is 1. The van der Waals surface area contributed by atoms with Gasteiger partial charge in [0.1, 0.15) is 11.6 Å². The molecule has 0 atom stereocenters. The van der Waals surface area contributed by atoms with Crippen LogP contribution in [0.15, 0.2) is 48.0 Å². The van der Waals surface area contributed by atoms with Gasteiger partial charge in [-0.2, -0.15) is 5.26 Å². The maximum Gasteiger partial charge on any atom is 0.337 e. The number of benzene rings is 2. The second-order valence-electron chi connectivity index (χ2n) is 4.65. The molecule has 0 aromatic heterocycles. The van der Waals surface area contributed by atoms with Crippen LogP contribution < -0.4 is 5.32 Å². The number of amides is 1. The zero-order valence-corrected chi connectivity index (χ0v) is 13.6. The van der Waals surface area contributed by atoms with Gasteiger partial charge >= 0.3 is 5.97 Å². The predicted octanol–water partition coefficient (Wildman–Crippen LogP) is 4.24. The summed E-state index contributed by atoms with van der Waals surface area (Å²) in [6.45, 7) is 0. The number of rotatable bonds is 4. The highest BCUT2D eigenvalue weighted by Crippen LogP contribution is 2.24. The number of carboxylic acid groups (broad SMARTS) is 1. The highest BCUT2D eigenvalue weighted by molar-refractivity contribution is 6.42. The molecule has 2 rings (SSSR count). The maximum atomic E-state index is 12.2. The molecular formula is C17H10Cl2N2O3. The summed E-state index contributed by atoms with van der Waals surface area (Å²) in [6.07, 6.45) is 1.33.